The van der Waals surface area contributed by atoms with E-state index in [-0.39, 0.29) is 0 Å². The molecule has 2 rings (SSSR count). The van der Waals surface area contributed by atoms with Crippen LogP contribution in [0, 0.1) is 0 Å². The molecule has 0 aromatic heterocycles. The first-order valence-electron chi connectivity index (χ1n) is 16.8. The zero-order valence-corrected chi connectivity index (χ0v) is 28.2. The Morgan fingerprint density at radius 3 is 1.64 bits per heavy atom. The van der Waals surface area contributed by atoms with Gasteiger partial charge in [-0.2, -0.15) is 0 Å². The van der Waals surface area contributed by atoms with Crippen molar-refractivity contribution in [2.75, 3.05) is 60.0 Å². The number of unbranched alkanes of at least 4 members (excludes halogenated alkanes) is 3. The fourth-order valence-electron chi connectivity index (χ4n) is 5.30. The van der Waals surface area contributed by atoms with Gasteiger partial charge in [0.1, 0.15) is 11.5 Å². The van der Waals surface area contributed by atoms with Crippen molar-refractivity contribution in [3.05, 3.63) is 59.7 Å². The van der Waals surface area contributed by atoms with Crippen LogP contribution < -0.4 is 20.5 Å². The van der Waals surface area contributed by atoms with Crippen molar-refractivity contribution in [3.63, 3.8) is 0 Å². The lowest BCUT2D eigenvalue weighted by atomic mass is 10.1. The van der Waals surface area contributed by atoms with Crippen LogP contribution in [0.3, 0.4) is 0 Å². The summed E-state index contributed by atoms with van der Waals surface area (Å²) in [4.78, 5) is 29.4. The predicted molar refractivity (Wildman–Crippen MR) is 182 cm³/mol. The standard InChI is InChI=1S/C36H58N4O5/c1-5-24-39(28-21-30-13-17-32(43-3)18-14-30)26-10-7-9-23-38-35(41)36(42)45-34(37)12-8-11-27-40(25-6-2)29-22-31-15-19-33(44-4)20-16-31/h13-20,34H,5-12,21-29,37H2,1-4H3,(H,38,41). The molecular weight excluding hydrogens is 568 g/mol. The zero-order chi connectivity index (χ0) is 32.7. The maximum absolute atomic E-state index is 12.2. The molecule has 0 heterocycles. The number of amides is 1. The number of ether oxygens (including phenoxy) is 3. The molecule has 0 saturated heterocycles. The summed E-state index contributed by atoms with van der Waals surface area (Å²) < 4.78 is 15.7. The highest BCUT2D eigenvalue weighted by molar-refractivity contribution is 6.32. The number of nitrogens with two attached hydrogens (primary N) is 1. The van der Waals surface area contributed by atoms with Crippen molar-refractivity contribution in [1.29, 1.82) is 0 Å². The Kier molecular flexibility index (Phi) is 19.6. The first-order chi connectivity index (χ1) is 21.9. The average molecular weight is 627 g/mol. The van der Waals surface area contributed by atoms with Crippen LogP contribution in [0.15, 0.2) is 48.5 Å². The van der Waals surface area contributed by atoms with E-state index in [1.54, 1.807) is 14.2 Å². The zero-order valence-electron chi connectivity index (χ0n) is 28.2. The van der Waals surface area contributed by atoms with Crippen LogP contribution >= 0.6 is 0 Å². The molecule has 0 spiro atoms. The minimum Gasteiger partial charge on any atom is -0.497 e. The Labute approximate surface area is 271 Å². The number of nitrogens with one attached hydrogen (secondary N) is 1. The second-order valence-electron chi connectivity index (χ2n) is 11.6. The number of nitrogens with zero attached hydrogens (tertiary/aromatic N) is 2. The molecule has 0 radical (unpaired) electrons. The molecule has 0 saturated carbocycles. The van der Waals surface area contributed by atoms with Gasteiger partial charge in [-0.1, -0.05) is 44.5 Å². The van der Waals surface area contributed by atoms with Gasteiger partial charge in [0.25, 0.3) is 0 Å². The van der Waals surface area contributed by atoms with Crippen LogP contribution in [-0.2, 0) is 27.2 Å². The topological polar surface area (TPSA) is 106 Å². The van der Waals surface area contributed by atoms with Crippen molar-refractivity contribution in [3.8, 4) is 11.5 Å². The van der Waals surface area contributed by atoms with Crippen molar-refractivity contribution < 1.29 is 23.8 Å². The lowest BCUT2D eigenvalue weighted by molar-refractivity contribution is -0.159. The molecule has 0 aliphatic carbocycles. The summed E-state index contributed by atoms with van der Waals surface area (Å²) in [5.74, 6) is 0.134. The summed E-state index contributed by atoms with van der Waals surface area (Å²) in [6.45, 7) is 10.9. The number of carbonyl (C=O) groups is 2. The predicted octanol–water partition coefficient (Wildman–Crippen LogP) is 5.20. The molecule has 0 bridgehead atoms. The molecule has 9 nitrogen and oxygen atoms in total. The largest absolute Gasteiger partial charge is 0.497 e. The minimum atomic E-state index is -0.901. The molecule has 3 N–H and O–H groups in total. The third-order valence-corrected chi connectivity index (χ3v) is 7.92. The number of esters is 1. The third-order valence-electron chi connectivity index (χ3n) is 7.92. The number of methoxy groups -OCH3 is 2. The molecule has 0 aliphatic heterocycles. The van der Waals surface area contributed by atoms with Gasteiger partial charge in [-0.05, 0) is 119 Å². The fraction of sp³-hybridized carbons (Fsp3) is 0.611. The molecule has 1 amide bonds. The van der Waals surface area contributed by atoms with Crippen molar-refractivity contribution in [2.45, 2.75) is 84.3 Å². The maximum Gasteiger partial charge on any atom is 0.398 e. The molecule has 252 valence electrons. The summed E-state index contributed by atoms with van der Waals surface area (Å²) in [7, 11) is 3.36. The van der Waals surface area contributed by atoms with Gasteiger partial charge in [-0.25, -0.2) is 4.79 Å². The Hall–Kier alpha value is -3.14. The molecule has 9 heteroatoms. The van der Waals surface area contributed by atoms with Gasteiger partial charge in [0, 0.05) is 19.6 Å². The molecule has 0 fully saturated rings. The fourth-order valence-corrected chi connectivity index (χ4v) is 5.30. The van der Waals surface area contributed by atoms with E-state index in [2.05, 4.69) is 53.2 Å². The van der Waals surface area contributed by atoms with Crippen LogP contribution in [0.25, 0.3) is 0 Å². The first kappa shape index (κ1) is 38.0. The molecule has 2 aromatic carbocycles. The van der Waals surface area contributed by atoms with E-state index in [1.807, 2.05) is 24.3 Å². The maximum atomic E-state index is 12.2. The first-order valence-corrected chi connectivity index (χ1v) is 16.8. The van der Waals surface area contributed by atoms with Crippen LogP contribution in [0.4, 0.5) is 0 Å². The Balaban J connectivity index is 1.54. The van der Waals surface area contributed by atoms with Crippen molar-refractivity contribution in [2.24, 2.45) is 5.73 Å². The van der Waals surface area contributed by atoms with Gasteiger partial charge in [0.05, 0.1) is 14.2 Å². The smallest absolute Gasteiger partial charge is 0.398 e. The lowest BCUT2D eigenvalue weighted by Crippen LogP contribution is -2.38. The highest BCUT2D eigenvalue weighted by Crippen LogP contribution is 2.14. The van der Waals surface area contributed by atoms with Gasteiger partial charge in [-0.3, -0.25) is 10.5 Å². The van der Waals surface area contributed by atoms with Crippen molar-refractivity contribution >= 4 is 11.9 Å². The Bertz CT molecular complexity index is 1060. The van der Waals surface area contributed by atoms with E-state index < -0.39 is 18.1 Å². The van der Waals surface area contributed by atoms with E-state index in [0.29, 0.717) is 13.0 Å². The normalized spacial score (nSPS) is 11.9. The van der Waals surface area contributed by atoms with E-state index in [4.69, 9.17) is 19.9 Å². The molecule has 0 aliphatic rings. The van der Waals surface area contributed by atoms with Gasteiger partial charge >= 0.3 is 11.9 Å². The molecule has 1 atom stereocenters. The van der Waals surface area contributed by atoms with Crippen LogP contribution in [0.1, 0.15) is 76.3 Å². The molecule has 1 unspecified atom stereocenters. The molecular formula is C36H58N4O5. The van der Waals surface area contributed by atoms with Gasteiger partial charge in [-0.15, -0.1) is 0 Å². The van der Waals surface area contributed by atoms with E-state index in [1.165, 1.54) is 11.1 Å². The lowest BCUT2D eigenvalue weighted by Gasteiger charge is -2.22. The quantitative estimate of drug-likeness (QED) is 0.0709. The Morgan fingerprint density at radius 1 is 0.689 bits per heavy atom. The van der Waals surface area contributed by atoms with Gasteiger partial charge in [0.15, 0.2) is 6.23 Å². The summed E-state index contributed by atoms with van der Waals surface area (Å²) in [6.07, 6.45) is 8.59. The summed E-state index contributed by atoms with van der Waals surface area (Å²) >= 11 is 0. The summed E-state index contributed by atoms with van der Waals surface area (Å²) in [6, 6.07) is 16.5. The monoisotopic (exact) mass is 626 g/mol. The van der Waals surface area contributed by atoms with E-state index in [9.17, 15) is 9.59 Å². The van der Waals surface area contributed by atoms with E-state index in [0.717, 1.165) is 109 Å². The Morgan fingerprint density at radius 2 is 1.18 bits per heavy atom. The number of hydrogen-bond acceptors (Lipinski definition) is 8. The highest BCUT2D eigenvalue weighted by atomic mass is 16.6. The number of hydrogen-bond donors (Lipinski definition) is 2. The molecule has 2 aromatic rings. The van der Waals surface area contributed by atoms with Gasteiger partial charge < -0.3 is 29.3 Å². The number of benzene rings is 2. The molecule has 45 heavy (non-hydrogen) atoms. The average Bonchev–Trinajstić information content (AvgIpc) is 3.06. The third kappa shape index (κ3) is 16.7. The van der Waals surface area contributed by atoms with Crippen LogP contribution in [-0.4, -0.2) is 87.9 Å². The number of carbonyl (C=O) groups excluding carboxylic acids is 2. The SMILES string of the molecule is CCCN(CCCCCNC(=O)C(=O)OC(N)CCCCN(CCC)CCc1ccc(OC)cc1)CCc1ccc(OC)cc1. The number of rotatable bonds is 24. The van der Waals surface area contributed by atoms with Gasteiger partial charge in [0.2, 0.25) is 0 Å². The second-order valence-corrected chi connectivity index (χ2v) is 11.6. The summed E-state index contributed by atoms with van der Waals surface area (Å²) in [5.41, 5.74) is 8.61. The van der Waals surface area contributed by atoms with Crippen LogP contribution in [0.5, 0.6) is 11.5 Å². The second kappa shape index (κ2) is 23.2. The van der Waals surface area contributed by atoms with Crippen LogP contribution in [0.2, 0.25) is 0 Å². The van der Waals surface area contributed by atoms with Crippen molar-refractivity contribution in [1.82, 2.24) is 15.1 Å². The highest BCUT2D eigenvalue weighted by Gasteiger charge is 2.18. The van der Waals surface area contributed by atoms with E-state index >= 15 is 0 Å². The summed E-state index contributed by atoms with van der Waals surface area (Å²) in [5, 5.41) is 2.68. The minimum absolute atomic E-state index is 0.451.